The normalized spacial score (nSPS) is 12.4. The van der Waals surface area contributed by atoms with Crippen molar-refractivity contribution in [3.05, 3.63) is 68.3 Å². The van der Waals surface area contributed by atoms with Gasteiger partial charge in [0.25, 0.3) is 0 Å². The van der Waals surface area contributed by atoms with E-state index >= 15 is 0 Å². The first-order valence-electron chi connectivity index (χ1n) is 6.38. The van der Waals surface area contributed by atoms with Crippen LogP contribution in [0.25, 0.3) is 0 Å². The molecular weight excluding hydrogens is 371 g/mol. The number of halogens is 3. The summed E-state index contributed by atoms with van der Waals surface area (Å²) in [6, 6.07) is 10.5. The Morgan fingerprint density at radius 2 is 1.75 bits per heavy atom. The van der Waals surface area contributed by atoms with Gasteiger partial charge in [-0.3, -0.25) is 0 Å². The lowest BCUT2D eigenvalue weighted by Gasteiger charge is -2.18. The van der Waals surface area contributed by atoms with Crippen LogP contribution in [-0.4, -0.2) is 7.05 Å². The molecule has 0 aliphatic carbocycles. The largest absolute Gasteiger partial charge is 0.313 e. The Labute approximate surface area is 131 Å². The Kier molecular flexibility index (Phi) is 5.10. The van der Waals surface area contributed by atoms with Gasteiger partial charge in [-0.25, -0.2) is 8.78 Å². The molecule has 0 heterocycles. The monoisotopic (exact) mass is 387 g/mol. The van der Waals surface area contributed by atoms with Gasteiger partial charge < -0.3 is 5.32 Å². The highest BCUT2D eigenvalue weighted by Gasteiger charge is 2.16. The second kappa shape index (κ2) is 6.63. The SMILES string of the molecule is CNC(Cc1ccc(I)cc1)c1cc(C)c(F)cc1F. The van der Waals surface area contributed by atoms with Gasteiger partial charge in [-0.15, -0.1) is 0 Å². The first kappa shape index (κ1) is 15.4. The molecule has 2 aromatic carbocycles. The maximum atomic E-state index is 14.0. The lowest BCUT2D eigenvalue weighted by Crippen LogP contribution is -2.20. The van der Waals surface area contributed by atoms with E-state index in [1.165, 1.54) is 0 Å². The summed E-state index contributed by atoms with van der Waals surface area (Å²) in [5, 5.41) is 3.10. The summed E-state index contributed by atoms with van der Waals surface area (Å²) in [6.07, 6.45) is 0.662. The van der Waals surface area contributed by atoms with Gasteiger partial charge in [0.15, 0.2) is 0 Å². The van der Waals surface area contributed by atoms with Crippen molar-refractivity contribution >= 4 is 22.6 Å². The highest BCUT2D eigenvalue weighted by Crippen LogP contribution is 2.24. The first-order chi connectivity index (χ1) is 9.51. The van der Waals surface area contributed by atoms with E-state index in [9.17, 15) is 8.78 Å². The summed E-state index contributed by atoms with van der Waals surface area (Å²) in [5.74, 6) is -1.01. The van der Waals surface area contributed by atoms with E-state index < -0.39 is 11.6 Å². The van der Waals surface area contributed by atoms with E-state index in [0.29, 0.717) is 17.5 Å². The Morgan fingerprint density at radius 1 is 1.10 bits per heavy atom. The molecule has 0 aromatic heterocycles. The number of benzene rings is 2. The molecule has 0 saturated carbocycles. The summed E-state index contributed by atoms with van der Waals surface area (Å²) in [5.41, 5.74) is 2.08. The molecule has 2 rings (SSSR count). The van der Waals surface area contributed by atoms with E-state index in [4.69, 9.17) is 0 Å². The number of hydrogen-bond acceptors (Lipinski definition) is 1. The van der Waals surface area contributed by atoms with E-state index in [2.05, 4.69) is 27.9 Å². The number of nitrogens with one attached hydrogen (secondary N) is 1. The van der Waals surface area contributed by atoms with Crippen molar-refractivity contribution in [3.63, 3.8) is 0 Å². The fourth-order valence-electron chi connectivity index (χ4n) is 2.17. The quantitative estimate of drug-likeness (QED) is 0.768. The third-order valence-electron chi connectivity index (χ3n) is 3.35. The van der Waals surface area contributed by atoms with Crippen molar-refractivity contribution in [2.45, 2.75) is 19.4 Å². The molecule has 4 heteroatoms. The Balaban J connectivity index is 2.28. The summed E-state index contributed by atoms with van der Waals surface area (Å²) < 4.78 is 28.5. The zero-order chi connectivity index (χ0) is 14.7. The fourth-order valence-corrected chi connectivity index (χ4v) is 2.53. The highest BCUT2D eigenvalue weighted by molar-refractivity contribution is 14.1. The second-order valence-corrected chi connectivity index (χ2v) is 6.04. The molecule has 0 aliphatic heterocycles. The van der Waals surface area contributed by atoms with Crippen LogP contribution in [0.5, 0.6) is 0 Å². The zero-order valence-corrected chi connectivity index (χ0v) is 13.5. The predicted molar refractivity (Wildman–Crippen MR) is 85.8 cm³/mol. The Bertz CT molecular complexity index is 596. The Hall–Kier alpha value is -1.01. The second-order valence-electron chi connectivity index (χ2n) is 4.79. The van der Waals surface area contributed by atoms with Gasteiger partial charge in [0, 0.05) is 21.2 Å². The lowest BCUT2D eigenvalue weighted by atomic mass is 9.97. The van der Waals surface area contributed by atoms with Crippen molar-refractivity contribution in [2.75, 3.05) is 7.05 Å². The van der Waals surface area contributed by atoms with Gasteiger partial charge in [-0.2, -0.15) is 0 Å². The summed E-state index contributed by atoms with van der Waals surface area (Å²) in [6.45, 7) is 1.65. The topological polar surface area (TPSA) is 12.0 Å². The maximum absolute atomic E-state index is 14.0. The molecule has 0 bridgehead atoms. The molecule has 2 aromatic rings. The van der Waals surface area contributed by atoms with Crippen molar-refractivity contribution in [3.8, 4) is 0 Å². The van der Waals surface area contributed by atoms with Gasteiger partial charge in [0.1, 0.15) is 11.6 Å². The molecule has 1 atom stereocenters. The average molecular weight is 387 g/mol. The van der Waals surface area contributed by atoms with E-state index in [1.54, 1.807) is 20.0 Å². The summed E-state index contributed by atoms with van der Waals surface area (Å²) >= 11 is 2.25. The highest BCUT2D eigenvalue weighted by atomic mass is 127. The van der Waals surface area contributed by atoms with E-state index in [0.717, 1.165) is 15.2 Å². The fraction of sp³-hybridized carbons (Fsp3) is 0.250. The van der Waals surface area contributed by atoms with Crippen LogP contribution < -0.4 is 5.32 Å². The minimum atomic E-state index is -0.504. The number of aryl methyl sites for hydroxylation is 1. The van der Waals surface area contributed by atoms with Crippen LogP contribution in [0, 0.1) is 22.1 Å². The van der Waals surface area contributed by atoms with Crippen molar-refractivity contribution in [1.82, 2.24) is 5.32 Å². The number of hydrogen-bond donors (Lipinski definition) is 1. The smallest absolute Gasteiger partial charge is 0.130 e. The molecule has 0 radical (unpaired) electrons. The molecule has 0 amide bonds. The molecule has 0 aliphatic rings. The van der Waals surface area contributed by atoms with Crippen LogP contribution >= 0.6 is 22.6 Å². The van der Waals surface area contributed by atoms with Crippen LogP contribution in [0.2, 0.25) is 0 Å². The molecule has 0 saturated heterocycles. The molecule has 1 N–H and O–H groups in total. The van der Waals surface area contributed by atoms with Gasteiger partial charge >= 0.3 is 0 Å². The maximum Gasteiger partial charge on any atom is 0.130 e. The molecule has 20 heavy (non-hydrogen) atoms. The third kappa shape index (κ3) is 3.55. The minimum Gasteiger partial charge on any atom is -0.313 e. The van der Waals surface area contributed by atoms with Gasteiger partial charge in [0.05, 0.1) is 0 Å². The molecule has 1 nitrogen and oxygen atoms in total. The van der Waals surface area contributed by atoms with E-state index in [-0.39, 0.29) is 6.04 Å². The zero-order valence-electron chi connectivity index (χ0n) is 11.4. The molecular formula is C16H16F2IN. The molecule has 1 unspecified atom stereocenters. The summed E-state index contributed by atoms with van der Waals surface area (Å²) in [7, 11) is 1.79. The number of likely N-dealkylation sites (N-methyl/N-ethyl adjacent to an activating group) is 1. The van der Waals surface area contributed by atoms with Crippen LogP contribution in [0.15, 0.2) is 36.4 Å². The van der Waals surface area contributed by atoms with Gasteiger partial charge in [-0.05, 0) is 72.3 Å². The molecule has 0 fully saturated rings. The van der Waals surface area contributed by atoms with Crippen LogP contribution in [0.1, 0.15) is 22.7 Å². The van der Waals surface area contributed by atoms with Crippen molar-refractivity contribution in [1.29, 1.82) is 0 Å². The third-order valence-corrected chi connectivity index (χ3v) is 4.07. The van der Waals surface area contributed by atoms with Gasteiger partial charge in [-0.1, -0.05) is 12.1 Å². The van der Waals surface area contributed by atoms with Crippen LogP contribution in [-0.2, 0) is 6.42 Å². The minimum absolute atomic E-state index is 0.172. The van der Waals surface area contributed by atoms with Gasteiger partial charge in [0.2, 0.25) is 0 Å². The average Bonchev–Trinajstić information content (AvgIpc) is 2.43. The van der Waals surface area contributed by atoms with Crippen LogP contribution in [0.3, 0.4) is 0 Å². The first-order valence-corrected chi connectivity index (χ1v) is 7.46. The Morgan fingerprint density at radius 3 is 2.35 bits per heavy atom. The molecule has 0 spiro atoms. The molecule has 106 valence electrons. The van der Waals surface area contributed by atoms with Crippen molar-refractivity contribution in [2.24, 2.45) is 0 Å². The van der Waals surface area contributed by atoms with Crippen molar-refractivity contribution < 1.29 is 8.78 Å². The summed E-state index contributed by atoms with van der Waals surface area (Å²) in [4.78, 5) is 0. The van der Waals surface area contributed by atoms with Crippen LogP contribution in [0.4, 0.5) is 8.78 Å². The van der Waals surface area contributed by atoms with E-state index in [1.807, 2.05) is 24.3 Å². The number of rotatable bonds is 4. The lowest BCUT2D eigenvalue weighted by molar-refractivity contribution is 0.519. The standard InChI is InChI=1S/C16H16F2IN/c1-10-7-13(15(18)9-14(10)17)16(20-2)8-11-3-5-12(19)6-4-11/h3-7,9,16,20H,8H2,1-2H3. The predicted octanol–water partition coefficient (Wildman–Crippen LogP) is 4.38.